The number of nitrogens with one attached hydrogen (secondary N) is 1. The van der Waals surface area contributed by atoms with E-state index in [0.717, 1.165) is 25.0 Å². The molecule has 2 atom stereocenters. The van der Waals surface area contributed by atoms with Gasteiger partial charge in [-0.1, -0.05) is 23.2 Å². The molecule has 214 valence electrons. The van der Waals surface area contributed by atoms with Crippen LogP contribution in [0.25, 0.3) is 0 Å². The molecular weight excluding hydrogens is 577 g/mol. The van der Waals surface area contributed by atoms with Crippen molar-refractivity contribution in [3.63, 3.8) is 0 Å². The van der Waals surface area contributed by atoms with Crippen LogP contribution >= 0.6 is 23.2 Å². The number of carbonyl (C=O) groups excluding carboxylic acids is 1. The van der Waals surface area contributed by atoms with E-state index in [1.54, 1.807) is 6.92 Å². The van der Waals surface area contributed by atoms with Crippen molar-refractivity contribution in [1.29, 1.82) is 0 Å². The molecule has 2 fully saturated rings. The molecule has 13 heteroatoms. The lowest BCUT2D eigenvalue weighted by atomic mass is 9.95. The second-order valence-electron chi connectivity index (χ2n) is 9.84. The number of carbonyl (C=O) groups is 1. The fraction of sp³-hybridized carbons (Fsp3) is 0.500. The van der Waals surface area contributed by atoms with Crippen LogP contribution in [0.5, 0.6) is 11.5 Å². The maximum atomic E-state index is 13.2. The Morgan fingerprint density at radius 1 is 1.21 bits per heavy atom. The second-order valence-corrected chi connectivity index (χ2v) is 12.3. The highest BCUT2D eigenvalue weighted by molar-refractivity contribution is 7.90. The highest BCUT2D eigenvalue weighted by Crippen LogP contribution is 2.37. The molecule has 2 aromatic rings. The molecule has 0 saturated carbocycles. The number of ether oxygens (including phenoxy) is 3. The van der Waals surface area contributed by atoms with E-state index in [2.05, 4.69) is 4.72 Å². The first-order valence-electron chi connectivity index (χ1n) is 12.6. The summed E-state index contributed by atoms with van der Waals surface area (Å²) in [4.78, 5) is 14.3. The summed E-state index contributed by atoms with van der Waals surface area (Å²) in [6.45, 7) is 3.14. The van der Waals surface area contributed by atoms with Crippen LogP contribution in [0.3, 0.4) is 0 Å². The molecule has 0 unspecified atom stereocenters. The lowest BCUT2D eigenvalue weighted by Crippen LogP contribution is -2.50. The normalized spacial score (nSPS) is 21.2. The van der Waals surface area contributed by atoms with Crippen molar-refractivity contribution in [2.75, 3.05) is 32.8 Å². The third-order valence-corrected chi connectivity index (χ3v) is 8.54. The Hall–Kier alpha value is -2.18. The van der Waals surface area contributed by atoms with Gasteiger partial charge in [-0.2, -0.15) is 0 Å². The van der Waals surface area contributed by atoms with E-state index in [9.17, 15) is 22.0 Å². The highest BCUT2D eigenvalue weighted by atomic mass is 35.5. The topological polar surface area (TPSA) is 94.2 Å². The molecule has 39 heavy (non-hydrogen) atoms. The van der Waals surface area contributed by atoms with Crippen LogP contribution in [0.4, 0.5) is 8.78 Å². The maximum Gasteiger partial charge on any atom is 0.265 e. The number of benzene rings is 2. The van der Waals surface area contributed by atoms with Gasteiger partial charge in [-0.15, -0.1) is 0 Å². The molecule has 1 amide bonds. The minimum absolute atomic E-state index is 0.0332. The van der Waals surface area contributed by atoms with Gasteiger partial charge in [0.1, 0.15) is 36.1 Å². The fourth-order valence-electron chi connectivity index (χ4n) is 4.29. The van der Waals surface area contributed by atoms with Gasteiger partial charge >= 0.3 is 0 Å². The third-order valence-electron chi connectivity index (χ3n) is 6.67. The Morgan fingerprint density at radius 3 is 2.46 bits per heavy atom. The number of nitrogens with zero attached hydrogens (tertiary/aromatic N) is 1. The van der Waals surface area contributed by atoms with Gasteiger partial charge < -0.3 is 14.2 Å². The zero-order chi connectivity index (χ0) is 28.2. The average molecular weight is 608 g/mol. The van der Waals surface area contributed by atoms with Crippen LogP contribution in [0.15, 0.2) is 41.3 Å². The van der Waals surface area contributed by atoms with Crippen molar-refractivity contribution >= 4 is 39.1 Å². The Kier molecular flexibility index (Phi) is 9.59. The smallest absolute Gasteiger partial charge is 0.265 e. The second kappa shape index (κ2) is 12.6. The highest BCUT2D eigenvalue weighted by Gasteiger charge is 2.38. The molecule has 0 aliphatic carbocycles. The number of amides is 1. The number of sulfonamides is 1. The van der Waals surface area contributed by atoms with E-state index >= 15 is 0 Å². The Bertz CT molecular complexity index is 1250. The first-order valence-corrected chi connectivity index (χ1v) is 14.8. The largest absolute Gasteiger partial charge is 0.490 e. The standard InChI is InChI=1S/C26H30Cl2F2N2O6S/c1-26(9-2-3-11-37-26)25(33)31-39(34,35)21-12-22(27)24(23(28)13-21)38-20(8-10-32-14-18(30)15-32)16-36-19-6-4-17(29)5-7-19/h4-7,12-13,18,20H,2-3,8-11,14-16H2,1H3,(H,31,33)/t20-,26-/m1/s1. The quantitative estimate of drug-likeness (QED) is 0.394. The van der Waals surface area contributed by atoms with Crippen LogP contribution in [-0.4, -0.2) is 69.9 Å². The minimum atomic E-state index is -4.31. The fourth-order valence-corrected chi connectivity index (χ4v) is 6.11. The number of halogens is 4. The number of hydrogen-bond donors (Lipinski definition) is 1. The van der Waals surface area contributed by atoms with Gasteiger partial charge in [-0.3, -0.25) is 9.69 Å². The van der Waals surface area contributed by atoms with Crippen molar-refractivity contribution in [3.8, 4) is 11.5 Å². The van der Waals surface area contributed by atoms with E-state index in [1.807, 2.05) is 4.90 Å². The van der Waals surface area contributed by atoms with Crippen LogP contribution in [-0.2, 0) is 19.6 Å². The predicted octanol–water partition coefficient (Wildman–Crippen LogP) is 4.77. The maximum absolute atomic E-state index is 13.2. The lowest BCUT2D eigenvalue weighted by Gasteiger charge is -2.35. The monoisotopic (exact) mass is 606 g/mol. The molecule has 0 spiro atoms. The average Bonchev–Trinajstić information content (AvgIpc) is 2.87. The van der Waals surface area contributed by atoms with E-state index in [-0.39, 0.29) is 27.3 Å². The van der Waals surface area contributed by atoms with Gasteiger partial charge in [0, 0.05) is 32.7 Å². The van der Waals surface area contributed by atoms with Crippen molar-refractivity contribution in [2.24, 2.45) is 0 Å². The van der Waals surface area contributed by atoms with Crippen molar-refractivity contribution in [1.82, 2.24) is 9.62 Å². The van der Waals surface area contributed by atoms with E-state index in [1.165, 1.54) is 24.3 Å². The van der Waals surface area contributed by atoms with Gasteiger partial charge in [-0.05, 0) is 62.6 Å². The van der Waals surface area contributed by atoms with Crippen molar-refractivity contribution in [3.05, 3.63) is 52.3 Å². The summed E-state index contributed by atoms with van der Waals surface area (Å²) < 4.78 is 71.8. The molecule has 2 saturated heterocycles. The number of likely N-dealkylation sites (tertiary alicyclic amines) is 1. The Morgan fingerprint density at radius 2 is 1.87 bits per heavy atom. The summed E-state index contributed by atoms with van der Waals surface area (Å²) in [5.41, 5.74) is -1.25. The first kappa shape index (κ1) is 29.8. The summed E-state index contributed by atoms with van der Waals surface area (Å²) in [5, 5.41) is -0.176. The molecule has 2 aliphatic heterocycles. The zero-order valence-electron chi connectivity index (χ0n) is 21.3. The Balaban J connectivity index is 1.47. The van der Waals surface area contributed by atoms with Crippen LogP contribution in [0.2, 0.25) is 10.0 Å². The van der Waals surface area contributed by atoms with Gasteiger partial charge in [0.25, 0.3) is 15.9 Å². The lowest BCUT2D eigenvalue weighted by molar-refractivity contribution is -0.148. The summed E-state index contributed by atoms with van der Waals surface area (Å²) >= 11 is 12.8. The molecule has 2 aromatic carbocycles. The van der Waals surface area contributed by atoms with Gasteiger partial charge in [0.05, 0.1) is 14.9 Å². The van der Waals surface area contributed by atoms with Gasteiger partial charge in [-0.25, -0.2) is 21.9 Å². The van der Waals surface area contributed by atoms with Crippen LogP contribution in [0.1, 0.15) is 32.6 Å². The van der Waals surface area contributed by atoms with Gasteiger partial charge in [0.15, 0.2) is 5.75 Å². The summed E-state index contributed by atoms with van der Waals surface area (Å²) in [6, 6.07) is 7.76. The zero-order valence-corrected chi connectivity index (χ0v) is 23.6. The molecule has 8 nitrogen and oxygen atoms in total. The van der Waals surface area contributed by atoms with Crippen LogP contribution in [0, 0.1) is 5.82 Å². The number of rotatable bonds is 11. The number of hydrogen-bond acceptors (Lipinski definition) is 7. The SMILES string of the molecule is C[C@]1(C(=O)NS(=O)(=O)c2cc(Cl)c(O[C@H](CCN3CC(F)C3)COc3ccc(F)cc3)c(Cl)c2)CCCCO1. The van der Waals surface area contributed by atoms with E-state index in [0.29, 0.717) is 44.8 Å². The van der Waals surface area contributed by atoms with Crippen molar-refractivity contribution < 1.29 is 36.2 Å². The van der Waals surface area contributed by atoms with Gasteiger partial charge in [0.2, 0.25) is 0 Å². The summed E-state index contributed by atoms with van der Waals surface area (Å²) in [7, 11) is -4.31. The van der Waals surface area contributed by atoms with E-state index < -0.39 is 39.6 Å². The number of alkyl halides is 1. The predicted molar refractivity (Wildman–Crippen MR) is 142 cm³/mol. The summed E-state index contributed by atoms with van der Waals surface area (Å²) in [6.07, 6.45) is 0.904. The molecule has 1 N–H and O–H groups in total. The Labute approximate surface area is 236 Å². The third kappa shape index (κ3) is 7.73. The summed E-state index contributed by atoms with van der Waals surface area (Å²) in [5.74, 6) is -0.721. The molecule has 4 rings (SSSR count). The minimum Gasteiger partial charge on any atom is -0.490 e. The van der Waals surface area contributed by atoms with Crippen LogP contribution < -0.4 is 14.2 Å². The molecule has 0 aromatic heterocycles. The molecule has 0 radical (unpaired) electrons. The molecule has 2 aliphatic rings. The van der Waals surface area contributed by atoms with Crippen molar-refractivity contribution in [2.45, 2.75) is 55.4 Å². The molecular formula is C26H30Cl2F2N2O6S. The molecule has 0 bridgehead atoms. The van der Waals surface area contributed by atoms with E-state index in [4.69, 9.17) is 37.4 Å². The first-order chi connectivity index (χ1) is 18.4. The molecule has 2 heterocycles.